The Hall–Kier alpha value is -1.48. The van der Waals surface area contributed by atoms with E-state index in [0.717, 1.165) is 10.4 Å². The van der Waals surface area contributed by atoms with Crippen molar-refractivity contribution in [2.75, 3.05) is 7.11 Å². The standard InChI is InChI=1S/C12H15N3O3S2/c1-18-11-4-9(5-13)2-3-12(11)20(16,17)15-7-10-6-14-8-19-10/h2-4,6,8,15H,5,7,13H2,1H3. The molecule has 2 aromatic rings. The van der Waals surface area contributed by atoms with Crippen molar-refractivity contribution in [1.29, 1.82) is 0 Å². The number of nitrogens with one attached hydrogen (secondary N) is 1. The van der Waals surface area contributed by atoms with Gasteiger partial charge in [-0.2, -0.15) is 0 Å². The average molecular weight is 313 g/mol. The summed E-state index contributed by atoms with van der Waals surface area (Å²) in [6.45, 7) is 0.528. The third kappa shape index (κ3) is 3.34. The Kier molecular flexibility index (Phi) is 4.71. The average Bonchev–Trinajstić information content (AvgIpc) is 2.97. The molecule has 0 bridgehead atoms. The summed E-state index contributed by atoms with van der Waals surface area (Å²) >= 11 is 1.39. The molecular formula is C12H15N3O3S2. The zero-order chi connectivity index (χ0) is 14.6. The van der Waals surface area contributed by atoms with Gasteiger partial charge in [0.25, 0.3) is 0 Å². The topological polar surface area (TPSA) is 94.3 Å². The Bertz CT molecular complexity index is 669. The Morgan fingerprint density at radius 1 is 1.45 bits per heavy atom. The summed E-state index contributed by atoms with van der Waals surface area (Å²) in [5.41, 5.74) is 7.99. The first-order valence-electron chi connectivity index (χ1n) is 5.81. The number of rotatable bonds is 6. The smallest absolute Gasteiger partial charge is 0.244 e. The maximum absolute atomic E-state index is 12.3. The molecule has 1 aromatic heterocycles. The third-order valence-electron chi connectivity index (χ3n) is 2.67. The lowest BCUT2D eigenvalue weighted by atomic mass is 10.2. The quantitative estimate of drug-likeness (QED) is 0.832. The van der Waals surface area contributed by atoms with Crippen LogP contribution in [0.15, 0.2) is 34.8 Å². The van der Waals surface area contributed by atoms with Crippen LogP contribution in [-0.4, -0.2) is 20.5 Å². The summed E-state index contributed by atoms with van der Waals surface area (Å²) in [6.07, 6.45) is 1.63. The minimum atomic E-state index is -3.64. The molecule has 0 saturated carbocycles. The molecule has 6 nitrogen and oxygen atoms in total. The number of sulfonamides is 1. The largest absolute Gasteiger partial charge is 0.495 e. The van der Waals surface area contributed by atoms with Crippen molar-refractivity contribution in [2.45, 2.75) is 18.0 Å². The Morgan fingerprint density at radius 3 is 2.85 bits per heavy atom. The van der Waals surface area contributed by atoms with Crippen LogP contribution in [0.4, 0.5) is 0 Å². The van der Waals surface area contributed by atoms with Crippen molar-refractivity contribution in [3.63, 3.8) is 0 Å². The first kappa shape index (κ1) is 14.9. The van der Waals surface area contributed by atoms with Crippen LogP contribution in [0.25, 0.3) is 0 Å². The maximum Gasteiger partial charge on any atom is 0.244 e. The molecule has 3 N–H and O–H groups in total. The van der Waals surface area contributed by atoms with E-state index in [1.54, 1.807) is 23.8 Å². The normalized spacial score (nSPS) is 11.5. The molecule has 0 atom stereocenters. The predicted octanol–water partition coefficient (Wildman–Crippen LogP) is 1.09. The van der Waals surface area contributed by atoms with Crippen molar-refractivity contribution in [3.8, 4) is 5.75 Å². The molecule has 0 aliphatic heterocycles. The summed E-state index contributed by atoms with van der Waals surface area (Å²) in [4.78, 5) is 4.83. The van der Waals surface area contributed by atoms with Gasteiger partial charge in [0.2, 0.25) is 10.0 Å². The maximum atomic E-state index is 12.3. The minimum Gasteiger partial charge on any atom is -0.495 e. The van der Waals surface area contributed by atoms with Gasteiger partial charge < -0.3 is 10.5 Å². The summed E-state index contributed by atoms with van der Waals surface area (Å²) in [6, 6.07) is 4.79. The van der Waals surface area contributed by atoms with Gasteiger partial charge in [0.15, 0.2) is 0 Å². The van der Waals surface area contributed by atoms with Crippen LogP contribution >= 0.6 is 11.3 Å². The Labute approximate surface area is 121 Å². The van der Waals surface area contributed by atoms with E-state index >= 15 is 0 Å². The first-order valence-corrected chi connectivity index (χ1v) is 8.17. The van der Waals surface area contributed by atoms with E-state index < -0.39 is 10.0 Å². The number of methoxy groups -OCH3 is 1. The van der Waals surface area contributed by atoms with Gasteiger partial charge in [0.05, 0.1) is 12.6 Å². The van der Waals surface area contributed by atoms with Crippen molar-refractivity contribution in [2.24, 2.45) is 5.73 Å². The van der Waals surface area contributed by atoms with Gasteiger partial charge in [-0.1, -0.05) is 6.07 Å². The van der Waals surface area contributed by atoms with E-state index in [1.807, 2.05) is 0 Å². The molecule has 20 heavy (non-hydrogen) atoms. The van der Waals surface area contributed by atoms with Gasteiger partial charge in [-0.3, -0.25) is 4.98 Å². The van der Waals surface area contributed by atoms with Gasteiger partial charge in [0, 0.05) is 24.2 Å². The summed E-state index contributed by atoms with van der Waals surface area (Å²) < 4.78 is 32.2. The lowest BCUT2D eigenvalue weighted by Gasteiger charge is -2.11. The van der Waals surface area contributed by atoms with Crippen molar-refractivity contribution in [3.05, 3.63) is 40.3 Å². The van der Waals surface area contributed by atoms with Crippen molar-refractivity contribution < 1.29 is 13.2 Å². The molecule has 8 heteroatoms. The molecule has 1 heterocycles. The highest BCUT2D eigenvalue weighted by Gasteiger charge is 2.19. The molecule has 1 aromatic carbocycles. The molecule has 0 radical (unpaired) electrons. The lowest BCUT2D eigenvalue weighted by Crippen LogP contribution is -2.23. The predicted molar refractivity (Wildman–Crippen MR) is 77.0 cm³/mol. The summed E-state index contributed by atoms with van der Waals surface area (Å²) in [5.74, 6) is 0.282. The van der Waals surface area contributed by atoms with E-state index in [0.29, 0.717) is 6.54 Å². The van der Waals surface area contributed by atoms with Gasteiger partial charge >= 0.3 is 0 Å². The number of aromatic nitrogens is 1. The Balaban J connectivity index is 2.24. The molecule has 0 fully saturated rings. The van der Waals surface area contributed by atoms with Gasteiger partial charge in [-0.05, 0) is 17.7 Å². The number of hydrogen-bond donors (Lipinski definition) is 2. The highest BCUT2D eigenvalue weighted by atomic mass is 32.2. The molecular weight excluding hydrogens is 298 g/mol. The molecule has 0 aliphatic carbocycles. The first-order chi connectivity index (χ1) is 9.56. The second kappa shape index (κ2) is 6.31. The second-order valence-corrected chi connectivity index (χ2v) is 6.69. The fourth-order valence-corrected chi connectivity index (χ4v) is 3.42. The number of ether oxygens (including phenoxy) is 1. The fourth-order valence-electron chi connectivity index (χ4n) is 1.63. The van der Waals surface area contributed by atoms with Crippen LogP contribution in [0.5, 0.6) is 5.75 Å². The molecule has 0 aliphatic rings. The third-order valence-corrected chi connectivity index (χ3v) is 4.89. The molecule has 0 spiro atoms. The summed E-state index contributed by atoms with van der Waals surface area (Å²) in [7, 11) is -2.21. The number of hydrogen-bond acceptors (Lipinski definition) is 6. The van der Waals surface area contributed by atoms with E-state index in [-0.39, 0.29) is 17.2 Å². The minimum absolute atomic E-state index is 0.0988. The highest BCUT2D eigenvalue weighted by Crippen LogP contribution is 2.25. The number of nitrogens with two attached hydrogens (primary N) is 1. The van der Waals surface area contributed by atoms with Crippen LogP contribution in [0.1, 0.15) is 10.4 Å². The van der Waals surface area contributed by atoms with Crippen LogP contribution in [-0.2, 0) is 23.1 Å². The number of benzene rings is 1. The fraction of sp³-hybridized carbons (Fsp3) is 0.250. The number of thiazole rings is 1. The zero-order valence-electron chi connectivity index (χ0n) is 10.9. The zero-order valence-corrected chi connectivity index (χ0v) is 12.5. The SMILES string of the molecule is COc1cc(CN)ccc1S(=O)(=O)NCc1cncs1. The van der Waals surface area contributed by atoms with E-state index in [2.05, 4.69) is 9.71 Å². The summed E-state index contributed by atoms with van der Waals surface area (Å²) in [5, 5.41) is 0. The Morgan fingerprint density at radius 2 is 2.25 bits per heavy atom. The van der Waals surface area contributed by atoms with Gasteiger partial charge in [0.1, 0.15) is 10.6 Å². The molecule has 108 valence electrons. The van der Waals surface area contributed by atoms with E-state index in [4.69, 9.17) is 10.5 Å². The monoisotopic (exact) mass is 313 g/mol. The second-order valence-electron chi connectivity index (χ2n) is 3.98. The number of nitrogens with zero attached hydrogens (tertiary/aromatic N) is 1. The van der Waals surface area contributed by atoms with Crippen molar-refractivity contribution in [1.82, 2.24) is 9.71 Å². The highest BCUT2D eigenvalue weighted by molar-refractivity contribution is 7.89. The molecule has 0 unspecified atom stereocenters. The van der Waals surface area contributed by atoms with Crippen molar-refractivity contribution >= 4 is 21.4 Å². The van der Waals surface area contributed by atoms with Gasteiger partial charge in [-0.25, -0.2) is 13.1 Å². The van der Waals surface area contributed by atoms with E-state index in [1.165, 1.54) is 24.5 Å². The molecule has 0 saturated heterocycles. The van der Waals surface area contributed by atoms with Crippen LogP contribution in [0.3, 0.4) is 0 Å². The van der Waals surface area contributed by atoms with Gasteiger partial charge in [-0.15, -0.1) is 11.3 Å². The molecule has 0 amide bonds. The van der Waals surface area contributed by atoms with Crippen LogP contribution in [0.2, 0.25) is 0 Å². The molecule has 2 rings (SSSR count). The lowest BCUT2D eigenvalue weighted by molar-refractivity contribution is 0.401. The van der Waals surface area contributed by atoms with Crippen LogP contribution < -0.4 is 15.2 Å². The van der Waals surface area contributed by atoms with E-state index in [9.17, 15) is 8.42 Å². The van der Waals surface area contributed by atoms with Crippen LogP contribution in [0, 0.1) is 0 Å².